The molecular weight excluding hydrogens is 611 g/mol. The molecule has 0 bridgehead atoms. The van der Waals surface area contributed by atoms with E-state index in [0.717, 1.165) is 22.8 Å². The fraction of sp³-hybridized carbons (Fsp3) is 0.394. The average Bonchev–Trinajstić information content (AvgIpc) is 3.36. The van der Waals surface area contributed by atoms with Crippen LogP contribution < -0.4 is 14.2 Å². The summed E-state index contributed by atoms with van der Waals surface area (Å²) in [5.41, 5.74) is 3.41. The molecule has 242 valence electrons. The number of nitrogens with zero attached hydrogens (tertiary/aromatic N) is 1. The van der Waals surface area contributed by atoms with Crippen molar-refractivity contribution in [3.8, 4) is 11.5 Å². The van der Waals surface area contributed by atoms with Crippen LogP contribution in [0.25, 0.3) is 10.9 Å². The van der Waals surface area contributed by atoms with Crippen molar-refractivity contribution in [1.82, 2.24) is 10.3 Å². The number of non-ortho nitro benzene ring substituents is 1. The van der Waals surface area contributed by atoms with E-state index in [2.05, 4.69) is 51.1 Å². The summed E-state index contributed by atoms with van der Waals surface area (Å²) in [5.74, 6) is 0.930. The number of fused-ring (bicyclic) bond motifs is 1. The van der Waals surface area contributed by atoms with Crippen molar-refractivity contribution < 1.29 is 26.7 Å². The van der Waals surface area contributed by atoms with Gasteiger partial charge in [-0.3, -0.25) is 10.1 Å². The Kier molecular flexibility index (Phi) is 10.4. The van der Waals surface area contributed by atoms with Gasteiger partial charge in [0.05, 0.1) is 22.8 Å². The zero-order valence-electron chi connectivity index (χ0n) is 26.9. The molecule has 4 rings (SSSR count). The third-order valence-electron chi connectivity index (χ3n) is 8.18. The van der Waals surface area contributed by atoms with Crippen LogP contribution in [0.5, 0.6) is 11.5 Å². The second-order valence-electron chi connectivity index (χ2n) is 12.9. The molecule has 2 N–H and O–H groups in total. The molecule has 0 amide bonds. The molecule has 1 heterocycles. The Morgan fingerprint density at radius 3 is 2.44 bits per heavy atom. The fourth-order valence-corrected chi connectivity index (χ4v) is 6.54. The highest BCUT2D eigenvalue weighted by molar-refractivity contribution is 7.86. The quantitative estimate of drug-likeness (QED) is 0.0628. The van der Waals surface area contributed by atoms with Gasteiger partial charge in [0.25, 0.3) is 5.69 Å². The largest absolute Gasteiger partial charge is 0.489 e. The molecule has 0 saturated heterocycles. The second-order valence-corrected chi connectivity index (χ2v) is 19.3. The standard InChI is InChI=1S/C33H43N3O7SSi/c1-23(17-26-20-35-32-29(26)15-10-16-30(32)42-44(5,39)40)34-21-31(43-45(6,7)33(2,3)4)25-12-9-14-28(19-25)41-22-24-11-8-13-27(18-24)36(37)38/h8-16,18-20,23,31,34-35H,17,21-22H2,1-7H3/t23-,31+/m1/s1. The highest BCUT2D eigenvalue weighted by Crippen LogP contribution is 2.40. The van der Waals surface area contributed by atoms with Crippen molar-refractivity contribution in [2.45, 2.75) is 71.0 Å². The summed E-state index contributed by atoms with van der Waals surface area (Å²) in [4.78, 5) is 13.9. The Morgan fingerprint density at radius 2 is 1.76 bits per heavy atom. The maximum atomic E-state index is 11.7. The number of hydrogen-bond donors (Lipinski definition) is 2. The minimum atomic E-state index is -3.66. The van der Waals surface area contributed by atoms with Crippen LogP contribution in [-0.4, -0.2) is 45.5 Å². The molecule has 12 heteroatoms. The summed E-state index contributed by atoms with van der Waals surface area (Å²) >= 11 is 0. The van der Waals surface area contributed by atoms with Gasteiger partial charge >= 0.3 is 10.1 Å². The molecule has 0 aliphatic rings. The molecule has 0 spiro atoms. The number of hydrogen-bond acceptors (Lipinski definition) is 8. The number of nitro groups is 1. The summed E-state index contributed by atoms with van der Waals surface area (Å²) in [7, 11) is -5.82. The normalized spacial score (nSPS) is 13.8. The number of benzene rings is 3. The lowest BCUT2D eigenvalue weighted by Gasteiger charge is -2.39. The predicted octanol–water partition coefficient (Wildman–Crippen LogP) is 7.28. The summed E-state index contributed by atoms with van der Waals surface area (Å²) in [6.07, 6.45) is 3.38. The monoisotopic (exact) mass is 653 g/mol. The maximum absolute atomic E-state index is 11.7. The van der Waals surface area contributed by atoms with Crippen molar-refractivity contribution in [2.24, 2.45) is 0 Å². The van der Waals surface area contributed by atoms with E-state index in [1.54, 1.807) is 24.3 Å². The van der Waals surface area contributed by atoms with Crippen LogP contribution >= 0.6 is 0 Å². The molecular formula is C33H43N3O7SSi. The Morgan fingerprint density at radius 1 is 1.04 bits per heavy atom. The van der Waals surface area contributed by atoms with Crippen LogP contribution in [0.15, 0.2) is 72.9 Å². The first-order valence-electron chi connectivity index (χ1n) is 14.9. The van der Waals surface area contributed by atoms with Crippen LogP contribution in [0.1, 0.15) is 50.5 Å². The number of ether oxygens (including phenoxy) is 1. The zero-order valence-corrected chi connectivity index (χ0v) is 28.7. The van der Waals surface area contributed by atoms with E-state index in [1.807, 2.05) is 36.5 Å². The van der Waals surface area contributed by atoms with Crippen LogP contribution in [0.2, 0.25) is 18.1 Å². The van der Waals surface area contributed by atoms with Gasteiger partial charge in [-0.25, -0.2) is 0 Å². The number of aromatic amines is 1. The van der Waals surface area contributed by atoms with Gasteiger partial charge in [0.1, 0.15) is 12.4 Å². The lowest BCUT2D eigenvalue weighted by Crippen LogP contribution is -2.44. The predicted molar refractivity (Wildman–Crippen MR) is 180 cm³/mol. The molecule has 2 atom stereocenters. The Balaban J connectivity index is 1.50. The molecule has 0 radical (unpaired) electrons. The van der Waals surface area contributed by atoms with Crippen molar-refractivity contribution in [2.75, 3.05) is 12.8 Å². The van der Waals surface area contributed by atoms with E-state index in [0.29, 0.717) is 29.8 Å². The van der Waals surface area contributed by atoms with Crippen molar-refractivity contribution >= 4 is 35.0 Å². The molecule has 0 unspecified atom stereocenters. The topological polar surface area (TPSA) is 133 Å². The lowest BCUT2D eigenvalue weighted by atomic mass is 10.0. The molecule has 0 aliphatic heterocycles. The number of H-pyrrole nitrogens is 1. The Bertz CT molecular complexity index is 1750. The summed E-state index contributed by atoms with van der Waals surface area (Å²) < 4.78 is 41.6. The van der Waals surface area contributed by atoms with Crippen LogP contribution in [0.3, 0.4) is 0 Å². The molecule has 3 aromatic carbocycles. The average molecular weight is 654 g/mol. The van der Waals surface area contributed by atoms with Crippen molar-refractivity contribution in [3.05, 3.63) is 99.7 Å². The number of nitro benzene ring substituents is 1. The van der Waals surface area contributed by atoms with E-state index >= 15 is 0 Å². The lowest BCUT2D eigenvalue weighted by molar-refractivity contribution is -0.384. The second kappa shape index (κ2) is 13.7. The van der Waals surface area contributed by atoms with Gasteiger partial charge in [-0.05, 0) is 66.4 Å². The number of rotatable bonds is 14. The third-order valence-corrected chi connectivity index (χ3v) is 13.2. The van der Waals surface area contributed by atoms with E-state index in [4.69, 9.17) is 13.3 Å². The number of nitrogens with one attached hydrogen (secondary N) is 2. The van der Waals surface area contributed by atoms with Gasteiger partial charge in [0.15, 0.2) is 14.1 Å². The molecule has 4 aromatic rings. The van der Waals surface area contributed by atoms with Gasteiger partial charge < -0.3 is 23.6 Å². The molecule has 10 nitrogen and oxygen atoms in total. The molecule has 1 aromatic heterocycles. The smallest absolute Gasteiger partial charge is 0.306 e. The fourth-order valence-electron chi connectivity index (χ4n) is 4.79. The number of aromatic nitrogens is 1. The van der Waals surface area contributed by atoms with Gasteiger partial charge in [-0.1, -0.05) is 57.2 Å². The molecule has 0 fully saturated rings. The Labute approximate surface area is 266 Å². The first-order chi connectivity index (χ1) is 21.0. The van der Waals surface area contributed by atoms with E-state index in [9.17, 15) is 18.5 Å². The van der Waals surface area contributed by atoms with Crippen molar-refractivity contribution in [1.29, 1.82) is 0 Å². The summed E-state index contributed by atoms with van der Waals surface area (Å²) in [6, 6.07) is 19.7. The van der Waals surface area contributed by atoms with E-state index < -0.39 is 23.4 Å². The van der Waals surface area contributed by atoms with Gasteiger partial charge in [-0.2, -0.15) is 8.42 Å². The molecule has 45 heavy (non-hydrogen) atoms. The maximum Gasteiger partial charge on any atom is 0.306 e. The summed E-state index contributed by atoms with van der Waals surface area (Å²) in [5, 5.41) is 15.7. The van der Waals surface area contributed by atoms with Gasteiger partial charge in [0, 0.05) is 36.3 Å². The number of para-hydroxylation sites is 1. The van der Waals surface area contributed by atoms with Gasteiger partial charge in [0.2, 0.25) is 0 Å². The Hall–Kier alpha value is -3.71. The minimum Gasteiger partial charge on any atom is -0.489 e. The highest BCUT2D eigenvalue weighted by Gasteiger charge is 2.39. The van der Waals surface area contributed by atoms with E-state index in [-0.39, 0.29) is 35.2 Å². The zero-order chi connectivity index (χ0) is 33.0. The molecule has 0 saturated carbocycles. The van der Waals surface area contributed by atoms with Crippen LogP contribution in [-0.2, 0) is 27.6 Å². The molecule has 0 aliphatic carbocycles. The summed E-state index contributed by atoms with van der Waals surface area (Å²) in [6.45, 7) is 14.0. The van der Waals surface area contributed by atoms with E-state index in [1.165, 1.54) is 12.1 Å². The SMILES string of the molecule is C[C@H](Cc1c[nH]c2c(OS(C)(=O)=O)cccc12)NC[C@H](O[Si](C)(C)C(C)(C)C)c1cccc(OCc2cccc([N+](=O)[O-])c2)c1. The minimum absolute atomic E-state index is 0.00277. The first kappa shape index (κ1) is 34.2. The van der Waals surface area contributed by atoms with Crippen molar-refractivity contribution in [3.63, 3.8) is 0 Å². The highest BCUT2D eigenvalue weighted by atomic mass is 32.2. The van der Waals surface area contributed by atoms with Crippen LogP contribution in [0.4, 0.5) is 5.69 Å². The first-order valence-corrected chi connectivity index (χ1v) is 19.6. The third kappa shape index (κ3) is 9.16. The van der Waals surface area contributed by atoms with Gasteiger partial charge in [-0.15, -0.1) is 0 Å². The van der Waals surface area contributed by atoms with Crippen LogP contribution in [0, 0.1) is 10.1 Å².